The van der Waals surface area contributed by atoms with E-state index in [1.54, 1.807) is 6.07 Å². The number of benzene rings is 1. The van der Waals surface area contributed by atoms with Crippen molar-refractivity contribution in [2.75, 3.05) is 6.61 Å². The number of halogens is 3. The number of alkyl halides is 3. The van der Waals surface area contributed by atoms with Gasteiger partial charge in [0.2, 0.25) is 0 Å². The van der Waals surface area contributed by atoms with E-state index in [9.17, 15) is 23.1 Å². The van der Waals surface area contributed by atoms with E-state index in [0.29, 0.717) is 0 Å². The van der Waals surface area contributed by atoms with Crippen LogP contribution in [0.15, 0.2) is 30.3 Å². The van der Waals surface area contributed by atoms with Gasteiger partial charge >= 0.3 is 12.1 Å². The third-order valence-corrected chi connectivity index (χ3v) is 2.38. The van der Waals surface area contributed by atoms with Crippen molar-refractivity contribution in [2.45, 2.75) is 25.1 Å². The fourth-order valence-corrected chi connectivity index (χ4v) is 1.43. The lowest BCUT2D eigenvalue weighted by Gasteiger charge is -2.28. The zero-order valence-electron chi connectivity index (χ0n) is 9.70. The van der Waals surface area contributed by atoms with Crippen LogP contribution in [0, 0.1) is 0 Å². The number of rotatable bonds is 4. The second kappa shape index (κ2) is 5.39. The fourth-order valence-electron chi connectivity index (χ4n) is 1.43. The molecule has 1 atom stereocenters. The minimum Gasteiger partial charge on any atom is -0.464 e. The molecule has 6 heteroatoms. The molecule has 1 N–H and O–H groups in total. The molecule has 0 aliphatic heterocycles. The molecule has 0 aliphatic carbocycles. The summed E-state index contributed by atoms with van der Waals surface area (Å²) in [5.74, 6) is -1.68. The van der Waals surface area contributed by atoms with Gasteiger partial charge in [-0.1, -0.05) is 30.3 Å². The van der Waals surface area contributed by atoms with Crippen LogP contribution >= 0.6 is 0 Å². The summed E-state index contributed by atoms with van der Waals surface area (Å²) in [7, 11) is 0. The monoisotopic (exact) mass is 262 g/mol. The van der Waals surface area contributed by atoms with Crippen LogP contribution in [0.2, 0.25) is 0 Å². The molecule has 0 aromatic heterocycles. The van der Waals surface area contributed by atoms with Crippen molar-refractivity contribution in [1.82, 2.24) is 0 Å². The highest BCUT2D eigenvalue weighted by Crippen LogP contribution is 2.34. The van der Waals surface area contributed by atoms with Crippen LogP contribution in [-0.2, 0) is 16.0 Å². The van der Waals surface area contributed by atoms with E-state index >= 15 is 0 Å². The molecule has 1 aromatic rings. The molecule has 0 saturated carbocycles. The number of hydrogen-bond acceptors (Lipinski definition) is 3. The molecule has 0 amide bonds. The van der Waals surface area contributed by atoms with Crippen molar-refractivity contribution in [3.63, 3.8) is 0 Å². The van der Waals surface area contributed by atoms with E-state index in [1.807, 2.05) is 0 Å². The molecule has 3 nitrogen and oxygen atoms in total. The summed E-state index contributed by atoms with van der Waals surface area (Å²) in [5, 5.41) is 9.60. The molecule has 0 spiro atoms. The molecule has 0 heterocycles. The summed E-state index contributed by atoms with van der Waals surface area (Å²) in [4.78, 5) is 11.3. The maximum Gasteiger partial charge on any atom is 0.428 e. The van der Waals surface area contributed by atoms with Crippen LogP contribution in [0.4, 0.5) is 13.2 Å². The Labute approximate surface area is 102 Å². The van der Waals surface area contributed by atoms with Gasteiger partial charge in [0, 0.05) is 6.42 Å². The van der Waals surface area contributed by atoms with Crippen LogP contribution in [0.25, 0.3) is 0 Å². The van der Waals surface area contributed by atoms with Gasteiger partial charge in [-0.2, -0.15) is 13.2 Å². The molecule has 1 unspecified atom stereocenters. The summed E-state index contributed by atoms with van der Waals surface area (Å²) in [6.07, 6.45) is -5.95. The number of ether oxygens (including phenoxy) is 1. The van der Waals surface area contributed by atoms with E-state index in [-0.39, 0.29) is 12.2 Å². The Kier molecular flexibility index (Phi) is 4.34. The Balaban J connectivity index is 3.03. The highest BCUT2D eigenvalue weighted by molar-refractivity contribution is 5.80. The summed E-state index contributed by atoms with van der Waals surface area (Å²) in [6.45, 7) is 1.14. The van der Waals surface area contributed by atoms with Crippen molar-refractivity contribution in [3.8, 4) is 0 Å². The summed E-state index contributed by atoms with van der Waals surface area (Å²) >= 11 is 0. The predicted octanol–water partition coefficient (Wildman–Crippen LogP) is 2.09. The average molecular weight is 262 g/mol. The van der Waals surface area contributed by atoms with E-state index in [4.69, 9.17) is 0 Å². The van der Waals surface area contributed by atoms with Crippen molar-refractivity contribution < 1.29 is 27.8 Å². The normalized spacial score (nSPS) is 14.9. The van der Waals surface area contributed by atoms with Crippen LogP contribution in [0.1, 0.15) is 12.5 Å². The standard InChI is InChI=1S/C12H13F3O3/c1-2-18-10(16)11(17,12(13,14)15)8-9-6-4-3-5-7-9/h3-7,17H,2,8H2,1H3. The van der Waals surface area contributed by atoms with Gasteiger partial charge in [-0.15, -0.1) is 0 Å². The first kappa shape index (κ1) is 14.5. The molecule has 1 rings (SSSR count). The van der Waals surface area contributed by atoms with Gasteiger partial charge in [0.25, 0.3) is 5.60 Å². The molecular weight excluding hydrogens is 249 g/mol. The van der Waals surface area contributed by atoms with E-state index in [2.05, 4.69) is 4.74 Å². The lowest BCUT2D eigenvalue weighted by atomic mass is 9.94. The molecule has 0 fully saturated rings. The highest BCUT2D eigenvalue weighted by Gasteiger charge is 2.60. The van der Waals surface area contributed by atoms with Gasteiger partial charge in [0.15, 0.2) is 0 Å². The second-order valence-corrected chi connectivity index (χ2v) is 3.74. The van der Waals surface area contributed by atoms with Crippen molar-refractivity contribution in [2.24, 2.45) is 0 Å². The topological polar surface area (TPSA) is 46.5 Å². The SMILES string of the molecule is CCOC(=O)C(O)(Cc1ccccc1)C(F)(F)F. The molecule has 100 valence electrons. The first-order valence-electron chi connectivity index (χ1n) is 5.31. The average Bonchev–Trinajstić information content (AvgIpc) is 2.29. The first-order valence-corrected chi connectivity index (χ1v) is 5.31. The zero-order valence-corrected chi connectivity index (χ0v) is 9.70. The lowest BCUT2D eigenvalue weighted by molar-refractivity contribution is -0.262. The van der Waals surface area contributed by atoms with Crippen LogP contribution in [-0.4, -0.2) is 29.5 Å². The smallest absolute Gasteiger partial charge is 0.428 e. The zero-order chi connectivity index (χ0) is 13.8. The van der Waals surface area contributed by atoms with Crippen molar-refractivity contribution in [1.29, 1.82) is 0 Å². The quantitative estimate of drug-likeness (QED) is 0.845. The summed E-state index contributed by atoms with van der Waals surface area (Å²) in [6, 6.07) is 7.47. The second-order valence-electron chi connectivity index (χ2n) is 3.74. The van der Waals surface area contributed by atoms with Crippen molar-refractivity contribution in [3.05, 3.63) is 35.9 Å². The lowest BCUT2D eigenvalue weighted by Crippen LogP contribution is -2.54. The predicted molar refractivity (Wildman–Crippen MR) is 57.8 cm³/mol. The fraction of sp³-hybridized carbons (Fsp3) is 0.417. The number of aliphatic hydroxyl groups is 1. The highest BCUT2D eigenvalue weighted by atomic mass is 19.4. The Morgan fingerprint density at radius 3 is 2.28 bits per heavy atom. The molecule has 0 saturated heterocycles. The summed E-state index contributed by atoms with van der Waals surface area (Å²) in [5.41, 5.74) is -3.31. The number of carbonyl (C=O) groups excluding carboxylic acids is 1. The first-order chi connectivity index (χ1) is 8.31. The molecule has 0 bridgehead atoms. The number of hydrogen-bond donors (Lipinski definition) is 1. The molecule has 1 aromatic carbocycles. The Morgan fingerprint density at radius 1 is 1.28 bits per heavy atom. The van der Waals surface area contributed by atoms with E-state index < -0.39 is 24.2 Å². The summed E-state index contributed by atoms with van der Waals surface area (Å²) < 4.78 is 42.7. The van der Waals surface area contributed by atoms with Gasteiger partial charge in [0.05, 0.1) is 6.61 Å². The van der Waals surface area contributed by atoms with Gasteiger partial charge in [0.1, 0.15) is 0 Å². The maximum atomic E-state index is 12.8. The Hall–Kier alpha value is -1.56. The van der Waals surface area contributed by atoms with Crippen LogP contribution in [0.5, 0.6) is 0 Å². The van der Waals surface area contributed by atoms with Crippen LogP contribution in [0.3, 0.4) is 0 Å². The largest absolute Gasteiger partial charge is 0.464 e. The minimum atomic E-state index is -5.09. The third kappa shape index (κ3) is 3.01. The Bertz CT molecular complexity index is 403. The van der Waals surface area contributed by atoms with Gasteiger partial charge in [-0.05, 0) is 12.5 Å². The third-order valence-electron chi connectivity index (χ3n) is 2.38. The van der Waals surface area contributed by atoms with Gasteiger partial charge in [-0.25, -0.2) is 4.79 Å². The van der Waals surface area contributed by atoms with Crippen molar-refractivity contribution >= 4 is 5.97 Å². The molecule has 18 heavy (non-hydrogen) atoms. The molecular formula is C12H13F3O3. The van der Waals surface area contributed by atoms with Gasteiger partial charge < -0.3 is 9.84 Å². The van der Waals surface area contributed by atoms with Crippen LogP contribution < -0.4 is 0 Å². The van der Waals surface area contributed by atoms with E-state index in [1.165, 1.54) is 31.2 Å². The number of carbonyl (C=O) groups is 1. The van der Waals surface area contributed by atoms with E-state index in [0.717, 1.165) is 0 Å². The number of esters is 1. The van der Waals surface area contributed by atoms with Gasteiger partial charge in [-0.3, -0.25) is 0 Å². The Morgan fingerprint density at radius 2 is 1.83 bits per heavy atom. The maximum absolute atomic E-state index is 12.8. The minimum absolute atomic E-state index is 0.199. The molecule has 0 aliphatic rings. The molecule has 0 radical (unpaired) electrons.